The Labute approximate surface area is 141 Å². The van der Waals surface area contributed by atoms with E-state index in [9.17, 15) is 14.0 Å². The summed E-state index contributed by atoms with van der Waals surface area (Å²) in [6, 6.07) is 6.13. The second-order valence-corrected chi connectivity index (χ2v) is 6.63. The van der Waals surface area contributed by atoms with Crippen LogP contribution in [0.5, 0.6) is 0 Å². The van der Waals surface area contributed by atoms with E-state index < -0.39 is 5.82 Å². The highest BCUT2D eigenvalue weighted by molar-refractivity contribution is 5.92. The summed E-state index contributed by atoms with van der Waals surface area (Å²) in [4.78, 5) is 28.5. The fourth-order valence-corrected chi connectivity index (χ4v) is 3.51. The Morgan fingerprint density at radius 2 is 1.88 bits per heavy atom. The monoisotopic (exact) mass is 333 g/mol. The lowest BCUT2D eigenvalue weighted by atomic mass is 10.0. The zero-order valence-corrected chi connectivity index (χ0v) is 13.8. The van der Waals surface area contributed by atoms with E-state index in [2.05, 4.69) is 5.32 Å². The van der Waals surface area contributed by atoms with Gasteiger partial charge in [-0.05, 0) is 44.4 Å². The number of nitrogens with zero attached hydrogens (tertiary/aromatic N) is 2. The molecule has 1 N–H and O–H groups in total. The van der Waals surface area contributed by atoms with Crippen molar-refractivity contribution in [2.45, 2.75) is 25.7 Å². The molecule has 1 unspecified atom stereocenters. The summed E-state index contributed by atoms with van der Waals surface area (Å²) in [5.74, 6) is -0.465. The maximum Gasteiger partial charge on any atom is 0.238 e. The molecule has 1 atom stereocenters. The van der Waals surface area contributed by atoms with Gasteiger partial charge in [0, 0.05) is 19.6 Å². The lowest BCUT2D eigenvalue weighted by Gasteiger charge is -2.29. The van der Waals surface area contributed by atoms with Crippen LogP contribution < -0.4 is 5.32 Å². The Hall–Kier alpha value is -1.95. The minimum absolute atomic E-state index is 0.00985. The highest BCUT2D eigenvalue weighted by Gasteiger charge is 2.32. The van der Waals surface area contributed by atoms with Gasteiger partial charge < -0.3 is 10.2 Å². The number of anilines is 1. The molecule has 5 nitrogen and oxygen atoms in total. The summed E-state index contributed by atoms with van der Waals surface area (Å²) < 4.78 is 13.6. The van der Waals surface area contributed by atoms with Gasteiger partial charge in [-0.15, -0.1) is 0 Å². The van der Waals surface area contributed by atoms with E-state index in [1.165, 1.54) is 12.5 Å². The highest BCUT2D eigenvalue weighted by atomic mass is 19.1. The summed E-state index contributed by atoms with van der Waals surface area (Å²) >= 11 is 0. The molecule has 2 fully saturated rings. The third-order valence-corrected chi connectivity index (χ3v) is 4.80. The van der Waals surface area contributed by atoms with Crippen LogP contribution in [0, 0.1) is 11.7 Å². The van der Waals surface area contributed by atoms with Crippen LogP contribution in [0.4, 0.5) is 10.1 Å². The first-order valence-electron chi connectivity index (χ1n) is 8.69. The number of benzene rings is 1. The summed E-state index contributed by atoms with van der Waals surface area (Å²) in [6.07, 6.45) is 4.18. The van der Waals surface area contributed by atoms with Crippen molar-refractivity contribution < 1.29 is 14.0 Å². The number of para-hydroxylation sites is 1. The smallest absolute Gasteiger partial charge is 0.238 e. The molecule has 0 aromatic heterocycles. The zero-order valence-electron chi connectivity index (χ0n) is 13.8. The number of amides is 2. The topological polar surface area (TPSA) is 52.7 Å². The Morgan fingerprint density at radius 3 is 2.62 bits per heavy atom. The Balaban J connectivity index is 1.48. The van der Waals surface area contributed by atoms with Gasteiger partial charge in [-0.1, -0.05) is 12.1 Å². The average molecular weight is 333 g/mol. The molecular weight excluding hydrogens is 309 g/mol. The number of rotatable bonds is 4. The third-order valence-electron chi connectivity index (χ3n) is 4.80. The summed E-state index contributed by atoms with van der Waals surface area (Å²) in [7, 11) is 0. The molecule has 0 bridgehead atoms. The van der Waals surface area contributed by atoms with Crippen molar-refractivity contribution in [3.05, 3.63) is 30.1 Å². The number of carbonyl (C=O) groups is 2. The van der Waals surface area contributed by atoms with E-state index in [0.29, 0.717) is 6.54 Å². The summed E-state index contributed by atoms with van der Waals surface area (Å²) in [6.45, 7) is 3.26. The van der Waals surface area contributed by atoms with E-state index in [1.807, 2.05) is 9.80 Å². The van der Waals surface area contributed by atoms with E-state index in [0.717, 1.165) is 38.9 Å². The van der Waals surface area contributed by atoms with Gasteiger partial charge in [0.15, 0.2) is 0 Å². The molecule has 3 rings (SSSR count). The number of hydrogen-bond donors (Lipinski definition) is 1. The lowest BCUT2D eigenvalue weighted by Crippen LogP contribution is -2.41. The largest absolute Gasteiger partial charge is 0.342 e. The molecule has 1 aromatic carbocycles. The average Bonchev–Trinajstić information content (AvgIpc) is 3.05. The molecule has 0 radical (unpaired) electrons. The standard InChI is InChI=1S/C18H24FN3O2/c19-15-6-2-3-7-16(15)20-17(23)13-21-11-8-14(12-21)18(24)22-9-4-1-5-10-22/h2-3,6-7,14H,1,4-5,8-13H2,(H,20,23). The van der Waals surface area contributed by atoms with Crippen LogP contribution in [-0.4, -0.2) is 54.3 Å². The second-order valence-electron chi connectivity index (χ2n) is 6.63. The van der Waals surface area contributed by atoms with Gasteiger partial charge in [-0.3, -0.25) is 14.5 Å². The van der Waals surface area contributed by atoms with E-state index >= 15 is 0 Å². The van der Waals surface area contributed by atoms with Gasteiger partial charge in [0.2, 0.25) is 11.8 Å². The van der Waals surface area contributed by atoms with Crippen molar-refractivity contribution in [1.29, 1.82) is 0 Å². The van der Waals surface area contributed by atoms with Crippen molar-refractivity contribution in [1.82, 2.24) is 9.80 Å². The quantitative estimate of drug-likeness (QED) is 0.918. The minimum Gasteiger partial charge on any atom is -0.342 e. The molecule has 1 aromatic rings. The number of nitrogens with one attached hydrogen (secondary N) is 1. The van der Waals surface area contributed by atoms with Crippen LogP contribution in [0.2, 0.25) is 0 Å². The number of piperidine rings is 1. The van der Waals surface area contributed by atoms with Gasteiger partial charge >= 0.3 is 0 Å². The molecule has 2 heterocycles. The van der Waals surface area contributed by atoms with Crippen molar-refractivity contribution in [3.8, 4) is 0 Å². The van der Waals surface area contributed by atoms with Crippen LogP contribution in [0.1, 0.15) is 25.7 Å². The van der Waals surface area contributed by atoms with Crippen LogP contribution in [0.3, 0.4) is 0 Å². The van der Waals surface area contributed by atoms with Gasteiger partial charge in [-0.2, -0.15) is 0 Å². The van der Waals surface area contributed by atoms with E-state index in [1.54, 1.807) is 18.2 Å². The van der Waals surface area contributed by atoms with Crippen LogP contribution in [0.25, 0.3) is 0 Å². The number of halogens is 1. The van der Waals surface area contributed by atoms with Gasteiger partial charge in [0.05, 0.1) is 18.2 Å². The third kappa shape index (κ3) is 4.12. The van der Waals surface area contributed by atoms with E-state index in [4.69, 9.17) is 0 Å². The van der Waals surface area contributed by atoms with Crippen LogP contribution in [0.15, 0.2) is 24.3 Å². The number of hydrogen-bond acceptors (Lipinski definition) is 3. The van der Waals surface area contributed by atoms with Gasteiger partial charge in [0.1, 0.15) is 5.82 Å². The lowest BCUT2D eigenvalue weighted by molar-refractivity contribution is -0.136. The summed E-state index contributed by atoms with van der Waals surface area (Å²) in [5.41, 5.74) is 0.197. The fourth-order valence-electron chi connectivity index (χ4n) is 3.51. The summed E-state index contributed by atoms with van der Waals surface area (Å²) in [5, 5.41) is 2.59. The first kappa shape index (κ1) is 16.9. The molecule has 130 valence electrons. The predicted octanol–water partition coefficient (Wildman–Crippen LogP) is 2.10. The van der Waals surface area contributed by atoms with Crippen molar-refractivity contribution in [2.24, 2.45) is 5.92 Å². The first-order chi connectivity index (χ1) is 11.6. The first-order valence-corrected chi connectivity index (χ1v) is 8.69. The van der Waals surface area contributed by atoms with Gasteiger partial charge in [0.25, 0.3) is 0 Å². The highest BCUT2D eigenvalue weighted by Crippen LogP contribution is 2.21. The maximum atomic E-state index is 13.6. The van der Waals surface area contributed by atoms with Crippen LogP contribution >= 0.6 is 0 Å². The molecule has 2 saturated heterocycles. The zero-order chi connectivity index (χ0) is 16.9. The number of likely N-dealkylation sites (tertiary alicyclic amines) is 2. The fraction of sp³-hybridized carbons (Fsp3) is 0.556. The molecule has 24 heavy (non-hydrogen) atoms. The van der Waals surface area contributed by atoms with Crippen molar-refractivity contribution >= 4 is 17.5 Å². The molecule has 0 aliphatic carbocycles. The Morgan fingerprint density at radius 1 is 1.12 bits per heavy atom. The second kappa shape index (κ2) is 7.75. The Bertz CT molecular complexity index is 602. The molecule has 0 spiro atoms. The van der Waals surface area contributed by atoms with Crippen molar-refractivity contribution in [3.63, 3.8) is 0 Å². The maximum absolute atomic E-state index is 13.6. The minimum atomic E-state index is -0.439. The molecule has 0 saturated carbocycles. The molecule has 2 aliphatic rings. The predicted molar refractivity (Wildman–Crippen MR) is 90.0 cm³/mol. The SMILES string of the molecule is O=C(CN1CCC(C(=O)N2CCCCC2)C1)Nc1ccccc1F. The normalized spacial score (nSPS) is 21.7. The van der Waals surface area contributed by atoms with Crippen molar-refractivity contribution in [2.75, 3.05) is 38.0 Å². The molecule has 2 aliphatic heterocycles. The molecule has 6 heteroatoms. The van der Waals surface area contributed by atoms with Gasteiger partial charge in [-0.25, -0.2) is 4.39 Å². The molecular formula is C18H24FN3O2. The van der Waals surface area contributed by atoms with Crippen LogP contribution in [-0.2, 0) is 9.59 Å². The molecule has 2 amide bonds. The Kier molecular flexibility index (Phi) is 5.45. The number of carbonyl (C=O) groups excluding carboxylic acids is 2. The van der Waals surface area contributed by atoms with E-state index in [-0.39, 0.29) is 30.0 Å².